The van der Waals surface area contributed by atoms with Crippen molar-refractivity contribution < 1.29 is 22.0 Å². The molecule has 0 amide bonds. The standard InChI is InChI=1S/C8H19O5PS3/c1-3-12-14(15,13-4-2)16-7-5-6-8-17(9,10)11/h3-8H2,1-2H3,(H,9,10,11). The molecule has 0 fully saturated rings. The molecule has 0 aromatic rings. The molecule has 0 aromatic heterocycles. The lowest BCUT2D eigenvalue weighted by Gasteiger charge is -2.19. The SMILES string of the molecule is CCOP(=S)(OCC)SCCCCS(=O)(=O)O. The smallest absolute Gasteiger partial charge is 0.264 e. The molecular formula is C8H19O5PS3. The zero-order valence-corrected chi connectivity index (χ0v) is 13.3. The third-order valence-corrected chi connectivity index (χ3v) is 8.07. The molecule has 0 aliphatic heterocycles. The van der Waals surface area contributed by atoms with E-state index in [-0.39, 0.29) is 5.75 Å². The minimum Gasteiger partial charge on any atom is -0.322 e. The summed E-state index contributed by atoms with van der Waals surface area (Å²) in [6.45, 7) is 4.74. The van der Waals surface area contributed by atoms with Crippen LogP contribution in [0.25, 0.3) is 0 Å². The van der Waals surface area contributed by atoms with Crippen LogP contribution in [0.5, 0.6) is 0 Å². The Kier molecular flexibility index (Phi) is 9.28. The first-order chi connectivity index (χ1) is 7.83. The van der Waals surface area contributed by atoms with E-state index in [1.54, 1.807) is 0 Å². The molecule has 0 aromatic carbocycles. The van der Waals surface area contributed by atoms with Crippen LogP contribution in [0, 0.1) is 0 Å². The normalized spacial score (nSPS) is 12.9. The summed E-state index contributed by atoms with van der Waals surface area (Å²) in [4.78, 5) is 0. The second-order valence-electron chi connectivity index (χ2n) is 3.11. The number of unbranched alkanes of at least 4 members (excludes halogenated alkanes) is 1. The van der Waals surface area contributed by atoms with E-state index in [0.29, 0.717) is 31.8 Å². The van der Waals surface area contributed by atoms with Gasteiger partial charge in [-0.25, -0.2) is 0 Å². The van der Waals surface area contributed by atoms with Gasteiger partial charge in [-0.15, -0.1) is 0 Å². The van der Waals surface area contributed by atoms with Crippen LogP contribution < -0.4 is 0 Å². The van der Waals surface area contributed by atoms with Gasteiger partial charge in [0.05, 0.1) is 19.0 Å². The molecule has 0 spiro atoms. The molecule has 104 valence electrons. The van der Waals surface area contributed by atoms with Crippen LogP contribution in [-0.4, -0.2) is 37.7 Å². The molecule has 0 saturated heterocycles. The Hall–Kier alpha value is 0.830. The van der Waals surface area contributed by atoms with Crippen molar-refractivity contribution in [1.82, 2.24) is 0 Å². The second-order valence-corrected chi connectivity index (χ2v) is 11.1. The van der Waals surface area contributed by atoms with Crippen molar-refractivity contribution in [3.8, 4) is 0 Å². The first-order valence-electron chi connectivity index (χ1n) is 5.32. The van der Waals surface area contributed by atoms with Gasteiger partial charge >= 0.3 is 0 Å². The lowest BCUT2D eigenvalue weighted by atomic mass is 10.4. The molecule has 9 heteroatoms. The summed E-state index contributed by atoms with van der Waals surface area (Å²) in [6, 6.07) is 0. The predicted molar refractivity (Wildman–Crippen MR) is 75.6 cm³/mol. The minimum atomic E-state index is -3.85. The summed E-state index contributed by atoms with van der Waals surface area (Å²) in [6.07, 6.45) is 1.07. The number of rotatable bonds is 10. The van der Waals surface area contributed by atoms with Gasteiger partial charge in [0.15, 0.2) is 0 Å². The lowest BCUT2D eigenvalue weighted by Crippen LogP contribution is -2.03. The highest BCUT2D eigenvalue weighted by Gasteiger charge is 2.18. The van der Waals surface area contributed by atoms with E-state index in [1.807, 2.05) is 13.8 Å². The maximum absolute atomic E-state index is 10.5. The zero-order valence-electron chi connectivity index (χ0n) is 9.99. The zero-order chi connectivity index (χ0) is 13.4. The summed E-state index contributed by atoms with van der Waals surface area (Å²) in [5.41, 5.74) is -2.26. The van der Waals surface area contributed by atoms with E-state index < -0.39 is 15.8 Å². The lowest BCUT2D eigenvalue weighted by molar-refractivity contribution is 0.280. The molecule has 0 rings (SSSR count). The van der Waals surface area contributed by atoms with Gasteiger partial charge in [-0.3, -0.25) is 4.55 Å². The van der Waals surface area contributed by atoms with Crippen molar-refractivity contribution in [1.29, 1.82) is 0 Å². The fourth-order valence-electron chi connectivity index (χ4n) is 0.991. The first kappa shape index (κ1) is 17.8. The van der Waals surface area contributed by atoms with Crippen molar-refractivity contribution in [2.24, 2.45) is 0 Å². The van der Waals surface area contributed by atoms with Gasteiger partial charge in [0.1, 0.15) is 0 Å². The summed E-state index contributed by atoms with van der Waals surface area (Å²) < 4.78 is 40.3. The quantitative estimate of drug-likeness (QED) is 0.376. The van der Waals surface area contributed by atoms with Crippen LogP contribution in [0.2, 0.25) is 0 Å². The van der Waals surface area contributed by atoms with Gasteiger partial charge in [0.25, 0.3) is 10.1 Å². The predicted octanol–water partition coefficient (Wildman–Crippen LogP) is 2.69. The Balaban J connectivity index is 3.87. The molecule has 0 atom stereocenters. The minimum absolute atomic E-state index is 0.209. The van der Waals surface area contributed by atoms with Crippen molar-refractivity contribution in [3.63, 3.8) is 0 Å². The molecule has 0 saturated carbocycles. The number of hydrogen-bond acceptors (Lipinski definition) is 6. The summed E-state index contributed by atoms with van der Waals surface area (Å²) in [5.74, 6) is 0.465. The van der Waals surface area contributed by atoms with Crippen LogP contribution in [-0.2, 0) is 31.0 Å². The van der Waals surface area contributed by atoms with Gasteiger partial charge in [-0.1, -0.05) is 11.4 Å². The summed E-state index contributed by atoms with van der Waals surface area (Å²) >= 11 is 6.71. The van der Waals surface area contributed by atoms with Crippen LogP contribution in [0.4, 0.5) is 0 Å². The molecule has 0 heterocycles. The average molecular weight is 322 g/mol. The van der Waals surface area contributed by atoms with Gasteiger partial charge in [0, 0.05) is 5.75 Å². The monoisotopic (exact) mass is 322 g/mol. The van der Waals surface area contributed by atoms with E-state index in [9.17, 15) is 8.42 Å². The molecule has 5 nitrogen and oxygen atoms in total. The molecule has 0 aliphatic rings. The summed E-state index contributed by atoms with van der Waals surface area (Å²) in [5, 5.41) is 0. The largest absolute Gasteiger partial charge is 0.322 e. The third-order valence-electron chi connectivity index (χ3n) is 1.62. The van der Waals surface area contributed by atoms with E-state index >= 15 is 0 Å². The Morgan fingerprint density at radius 1 is 1.24 bits per heavy atom. The highest BCUT2D eigenvalue weighted by Crippen LogP contribution is 2.60. The van der Waals surface area contributed by atoms with Gasteiger partial charge in [-0.2, -0.15) is 8.42 Å². The maximum Gasteiger partial charge on any atom is 0.264 e. The topological polar surface area (TPSA) is 72.8 Å². The van der Waals surface area contributed by atoms with Crippen LogP contribution in [0.3, 0.4) is 0 Å². The first-order valence-corrected chi connectivity index (χ1v) is 11.2. The van der Waals surface area contributed by atoms with E-state index in [1.165, 1.54) is 11.4 Å². The van der Waals surface area contributed by atoms with Gasteiger partial charge in [0.2, 0.25) is 5.69 Å². The summed E-state index contributed by atoms with van der Waals surface area (Å²) in [7, 11) is -3.85. The Morgan fingerprint density at radius 2 is 1.76 bits per heavy atom. The average Bonchev–Trinajstić information content (AvgIpc) is 2.16. The Bertz CT molecular complexity index is 333. The highest BCUT2D eigenvalue weighted by molar-refractivity contribution is 8.67. The molecule has 0 radical (unpaired) electrons. The van der Waals surface area contributed by atoms with E-state index in [0.717, 1.165) is 0 Å². The van der Waals surface area contributed by atoms with Crippen molar-refractivity contribution >= 4 is 39.0 Å². The van der Waals surface area contributed by atoms with Crippen molar-refractivity contribution in [2.75, 3.05) is 24.7 Å². The second kappa shape index (κ2) is 8.85. The molecule has 0 unspecified atom stereocenters. The molecule has 1 N–H and O–H groups in total. The van der Waals surface area contributed by atoms with E-state index in [2.05, 4.69) is 0 Å². The van der Waals surface area contributed by atoms with E-state index in [4.69, 9.17) is 25.4 Å². The third kappa shape index (κ3) is 10.4. The van der Waals surface area contributed by atoms with Crippen molar-refractivity contribution in [3.05, 3.63) is 0 Å². The highest BCUT2D eigenvalue weighted by atomic mass is 32.9. The van der Waals surface area contributed by atoms with Gasteiger partial charge in [-0.05, 0) is 38.5 Å². The Morgan fingerprint density at radius 3 is 2.18 bits per heavy atom. The maximum atomic E-state index is 10.5. The van der Waals surface area contributed by atoms with Crippen molar-refractivity contribution in [2.45, 2.75) is 26.7 Å². The number of hydrogen-bond donors (Lipinski definition) is 1. The Labute approximate surface area is 112 Å². The van der Waals surface area contributed by atoms with Crippen LogP contribution >= 0.6 is 17.1 Å². The van der Waals surface area contributed by atoms with Gasteiger partial charge < -0.3 is 9.05 Å². The molecule has 0 aliphatic carbocycles. The molecule has 0 bridgehead atoms. The molecule has 17 heavy (non-hydrogen) atoms. The molecular weight excluding hydrogens is 303 g/mol. The van der Waals surface area contributed by atoms with Crippen LogP contribution in [0.15, 0.2) is 0 Å². The fourth-order valence-corrected chi connectivity index (χ4v) is 6.41. The fraction of sp³-hybridized carbons (Fsp3) is 1.00. The van der Waals surface area contributed by atoms with Crippen LogP contribution in [0.1, 0.15) is 26.7 Å².